The van der Waals surface area contributed by atoms with E-state index in [9.17, 15) is 23.5 Å². The van der Waals surface area contributed by atoms with Gasteiger partial charge >= 0.3 is 5.97 Å². The number of hydrogen-bond acceptors (Lipinski definition) is 4. The summed E-state index contributed by atoms with van der Waals surface area (Å²) in [6.07, 6.45) is 2.80. The zero-order chi connectivity index (χ0) is 25.3. The first-order chi connectivity index (χ1) is 16.1. The molecule has 0 saturated heterocycles. The Bertz CT molecular complexity index is 1130. The van der Waals surface area contributed by atoms with Crippen molar-refractivity contribution in [2.45, 2.75) is 26.7 Å². The Balaban J connectivity index is 2.13. The van der Waals surface area contributed by atoms with Crippen molar-refractivity contribution in [1.29, 1.82) is 0 Å². The van der Waals surface area contributed by atoms with E-state index in [2.05, 4.69) is 11.9 Å². The minimum Gasteiger partial charge on any atom is -0.478 e. The highest BCUT2D eigenvalue weighted by Gasteiger charge is 2.16. The number of nitrogens with one attached hydrogen (secondary N) is 1. The maximum atomic E-state index is 13.8. The zero-order valence-corrected chi connectivity index (χ0v) is 20.2. The molecule has 0 aromatic heterocycles. The van der Waals surface area contributed by atoms with Crippen LogP contribution in [0.5, 0.6) is 5.75 Å². The topological polar surface area (TPSA) is 75.6 Å². The number of aliphatic carboxylic acids is 1. The summed E-state index contributed by atoms with van der Waals surface area (Å²) in [5.74, 6) is -3.46. The number of carbonyl (C=O) groups excluding carboxylic acids is 1. The Kier molecular flexibility index (Phi) is 10.3. The molecule has 2 N–H and O–H groups in total. The molecule has 0 spiro atoms. The maximum Gasteiger partial charge on any atom is 0.335 e. The van der Waals surface area contributed by atoms with Crippen molar-refractivity contribution < 1.29 is 28.2 Å². The fourth-order valence-electron chi connectivity index (χ4n) is 2.68. The van der Waals surface area contributed by atoms with Crippen LogP contribution in [0.2, 0.25) is 5.02 Å². The maximum absolute atomic E-state index is 13.8. The van der Waals surface area contributed by atoms with Gasteiger partial charge in [-0.25, -0.2) is 13.6 Å². The van der Waals surface area contributed by atoms with Gasteiger partial charge in [-0.05, 0) is 42.5 Å². The van der Waals surface area contributed by atoms with Crippen molar-refractivity contribution in [3.63, 3.8) is 0 Å². The molecule has 2 aromatic rings. The molecular weight excluding hydrogens is 484 g/mol. The van der Waals surface area contributed by atoms with Crippen LogP contribution in [-0.4, -0.2) is 22.9 Å². The van der Waals surface area contributed by atoms with E-state index in [1.54, 1.807) is 35.7 Å². The first-order valence-corrected chi connectivity index (χ1v) is 11.7. The van der Waals surface area contributed by atoms with Crippen LogP contribution in [0.15, 0.2) is 65.8 Å². The standard InChI is InChI=1S/C25H24ClF2NO4S/c1-4-5-6-22(33-23-12-19(27)11-21(28)16(23)3)24(30)29-14-34-13-20(15(2)25(31)32)17-7-9-18(26)10-8-17/h6-13H,2,4-5,14H2,1,3H3,(H,29,30)(H,31,32). The smallest absolute Gasteiger partial charge is 0.335 e. The molecule has 0 aliphatic rings. The molecule has 0 bridgehead atoms. The molecule has 0 saturated carbocycles. The normalized spacial score (nSPS) is 11.8. The number of thioether (sulfide) groups is 1. The molecule has 0 atom stereocenters. The monoisotopic (exact) mass is 507 g/mol. The molecular formula is C25H24ClF2NO4S. The molecule has 2 aromatic carbocycles. The molecule has 0 radical (unpaired) electrons. The average molecular weight is 508 g/mol. The van der Waals surface area contributed by atoms with Crippen molar-refractivity contribution in [1.82, 2.24) is 5.32 Å². The highest BCUT2D eigenvalue weighted by Crippen LogP contribution is 2.27. The molecule has 2 rings (SSSR count). The summed E-state index contributed by atoms with van der Waals surface area (Å²) in [7, 11) is 0. The Morgan fingerprint density at radius 3 is 2.53 bits per heavy atom. The number of rotatable bonds is 11. The third-order valence-electron chi connectivity index (χ3n) is 4.58. The third kappa shape index (κ3) is 7.74. The van der Waals surface area contributed by atoms with Crippen molar-refractivity contribution in [2.75, 3.05) is 5.88 Å². The highest BCUT2D eigenvalue weighted by molar-refractivity contribution is 8.02. The number of unbranched alkanes of at least 4 members (excludes halogenated alkanes) is 1. The Labute approximate surface area is 206 Å². The summed E-state index contributed by atoms with van der Waals surface area (Å²) in [5, 5.41) is 14.1. The molecule has 5 nitrogen and oxygen atoms in total. The first kappa shape index (κ1) is 27.1. The van der Waals surface area contributed by atoms with Gasteiger partial charge in [0.2, 0.25) is 0 Å². The van der Waals surface area contributed by atoms with E-state index < -0.39 is 23.5 Å². The van der Waals surface area contributed by atoms with Crippen molar-refractivity contribution in [2.24, 2.45) is 0 Å². The molecule has 180 valence electrons. The Hall–Kier alpha value is -3.10. The number of carboxylic acid groups (broad SMARTS) is 1. The molecule has 9 heteroatoms. The van der Waals surface area contributed by atoms with E-state index in [0.717, 1.165) is 30.3 Å². The summed E-state index contributed by atoms with van der Waals surface area (Å²) >= 11 is 7.04. The molecule has 1 amide bonds. The lowest BCUT2D eigenvalue weighted by molar-refractivity contribution is -0.132. The van der Waals surface area contributed by atoms with E-state index in [1.165, 1.54) is 6.92 Å². The van der Waals surface area contributed by atoms with Crippen LogP contribution in [0.25, 0.3) is 5.57 Å². The second kappa shape index (κ2) is 13.0. The van der Waals surface area contributed by atoms with E-state index in [4.69, 9.17) is 16.3 Å². The number of carbonyl (C=O) groups is 2. The zero-order valence-electron chi connectivity index (χ0n) is 18.7. The summed E-state index contributed by atoms with van der Waals surface area (Å²) in [6.45, 7) is 6.94. The van der Waals surface area contributed by atoms with Gasteiger partial charge in [-0.3, -0.25) is 4.79 Å². The Morgan fingerprint density at radius 2 is 1.91 bits per heavy atom. The molecule has 0 aliphatic carbocycles. The molecule has 0 unspecified atom stereocenters. The third-order valence-corrected chi connectivity index (χ3v) is 5.54. The van der Waals surface area contributed by atoms with E-state index in [0.29, 0.717) is 22.6 Å². The lowest BCUT2D eigenvalue weighted by Gasteiger charge is -2.13. The van der Waals surface area contributed by atoms with Gasteiger partial charge in [-0.2, -0.15) is 0 Å². The minimum absolute atomic E-state index is 0.0755. The summed E-state index contributed by atoms with van der Waals surface area (Å²) in [5.41, 5.74) is 0.934. The largest absolute Gasteiger partial charge is 0.478 e. The number of amides is 1. The van der Waals surface area contributed by atoms with Crippen LogP contribution in [0.3, 0.4) is 0 Å². The van der Waals surface area contributed by atoms with Gasteiger partial charge < -0.3 is 15.2 Å². The fourth-order valence-corrected chi connectivity index (χ4v) is 3.55. The predicted molar refractivity (Wildman–Crippen MR) is 132 cm³/mol. The van der Waals surface area contributed by atoms with Gasteiger partial charge in [0.05, 0.1) is 11.4 Å². The van der Waals surface area contributed by atoms with Gasteiger partial charge in [-0.15, -0.1) is 11.8 Å². The number of halogens is 3. The van der Waals surface area contributed by atoms with Crippen LogP contribution >= 0.6 is 23.4 Å². The number of benzene rings is 2. The second-order valence-electron chi connectivity index (χ2n) is 7.11. The highest BCUT2D eigenvalue weighted by atomic mass is 35.5. The van der Waals surface area contributed by atoms with Gasteiger partial charge in [0.15, 0.2) is 5.76 Å². The number of ether oxygens (including phenoxy) is 1. The lowest BCUT2D eigenvalue weighted by atomic mass is 10.0. The quantitative estimate of drug-likeness (QED) is 0.120. The molecule has 0 fully saturated rings. The van der Waals surface area contributed by atoms with Crippen LogP contribution in [0, 0.1) is 18.6 Å². The molecule has 0 heterocycles. The number of allylic oxidation sites excluding steroid dienone is 1. The summed E-state index contributed by atoms with van der Waals surface area (Å²) < 4.78 is 33.0. The molecule has 0 aliphatic heterocycles. The second-order valence-corrected chi connectivity index (χ2v) is 8.40. The van der Waals surface area contributed by atoms with E-state index >= 15 is 0 Å². The van der Waals surface area contributed by atoms with Crippen LogP contribution < -0.4 is 10.1 Å². The van der Waals surface area contributed by atoms with Gasteiger partial charge in [0.25, 0.3) is 5.91 Å². The van der Waals surface area contributed by atoms with Gasteiger partial charge in [-0.1, -0.05) is 43.7 Å². The summed E-state index contributed by atoms with van der Waals surface area (Å²) in [4.78, 5) is 24.1. The first-order valence-electron chi connectivity index (χ1n) is 10.3. The van der Waals surface area contributed by atoms with Crippen molar-refractivity contribution in [3.8, 4) is 5.75 Å². The fraction of sp³-hybridized carbons (Fsp3) is 0.200. The summed E-state index contributed by atoms with van der Waals surface area (Å²) in [6, 6.07) is 8.35. The van der Waals surface area contributed by atoms with Crippen molar-refractivity contribution in [3.05, 3.63) is 93.6 Å². The van der Waals surface area contributed by atoms with Crippen LogP contribution in [-0.2, 0) is 9.59 Å². The van der Waals surface area contributed by atoms with E-state index in [-0.39, 0.29) is 28.5 Å². The predicted octanol–water partition coefficient (Wildman–Crippen LogP) is 6.48. The van der Waals surface area contributed by atoms with Crippen LogP contribution in [0.4, 0.5) is 8.78 Å². The van der Waals surface area contributed by atoms with Gasteiger partial charge in [0.1, 0.15) is 17.4 Å². The van der Waals surface area contributed by atoms with Crippen LogP contribution in [0.1, 0.15) is 30.9 Å². The van der Waals surface area contributed by atoms with E-state index in [1.807, 2.05) is 6.92 Å². The Morgan fingerprint density at radius 1 is 1.24 bits per heavy atom. The van der Waals surface area contributed by atoms with Crippen molar-refractivity contribution >= 4 is 40.8 Å². The lowest BCUT2D eigenvalue weighted by Crippen LogP contribution is -2.27. The average Bonchev–Trinajstić information content (AvgIpc) is 2.79. The molecule has 34 heavy (non-hydrogen) atoms. The number of hydrogen-bond donors (Lipinski definition) is 2. The number of carboxylic acids is 1. The SMILES string of the molecule is C=C(C(=O)O)C(=CSCNC(=O)C(=CCCC)Oc1cc(F)cc(F)c1C)c1ccc(Cl)cc1. The minimum atomic E-state index is -1.18. The van der Waals surface area contributed by atoms with Gasteiger partial charge in [0, 0.05) is 28.3 Å².